The lowest BCUT2D eigenvalue weighted by Gasteiger charge is -2.47. The van der Waals surface area contributed by atoms with Crippen LogP contribution in [0.3, 0.4) is 0 Å². The normalized spacial score (nSPS) is 21.8. The molecule has 0 aliphatic carbocycles. The fourth-order valence-corrected chi connectivity index (χ4v) is 6.07. The Balaban J connectivity index is 1.43. The standard InChI is InChI=1S/C32H38FN3O2/c1-23-21-36(24(2)20-35(23)22-25-9-6-13-29(33)17-25)31(27-11-8-14-30(37)19-27)26-10-7-12-28(18-26)32(38)34-15-4-3-5-16-34/h6-14,17-19,23-24,31,37H,3-5,15-16,20-22H2,1-2H3/t23-,24+,31-/m1/s1. The van der Waals surface area contributed by atoms with Crippen molar-refractivity contribution in [1.29, 1.82) is 0 Å². The molecule has 1 N–H and O–H groups in total. The van der Waals surface area contributed by atoms with E-state index in [0.717, 1.165) is 61.3 Å². The minimum absolute atomic E-state index is 0.0996. The van der Waals surface area contributed by atoms with E-state index in [-0.39, 0.29) is 35.6 Å². The maximum absolute atomic E-state index is 13.8. The number of carbonyl (C=O) groups is 1. The van der Waals surface area contributed by atoms with Crippen LogP contribution in [0.2, 0.25) is 0 Å². The highest BCUT2D eigenvalue weighted by molar-refractivity contribution is 5.94. The molecule has 3 atom stereocenters. The van der Waals surface area contributed by atoms with Crippen LogP contribution in [0.1, 0.15) is 66.2 Å². The summed E-state index contributed by atoms with van der Waals surface area (Å²) in [5.41, 5.74) is 3.76. The molecule has 2 fully saturated rings. The predicted molar refractivity (Wildman–Crippen MR) is 149 cm³/mol. The Bertz CT molecular complexity index is 1260. The second-order valence-electron chi connectivity index (χ2n) is 10.9. The number of amides is 1. The third-order valence-electron chi connectivity index (χ3n) is 8.05. The number of likely N-dealkylation sites (tertiary alicyclic amines) is 1. The molecule has 1 amide bonds. The molecule has 38 heavy (non-hydrogen) atoms. The monoisotopic (exact) mass is 515 g/mol. The van der Waals surface area contributed by atoms with Gasteiger partial charge in [0.25, 0.3) is 5.91 Å². The van der Waals surface area contributed by atoms with Crippen molar-refractivity contribution in [2.75, 3.05) is 26.2 Å². The van der Waals surface area contributed by atoms with Crippen molar-refractivity contribution in [3.8, 4) is 5.75 Å². The van der Waals surface area contributed by atoms with Gasteiger partial charge in [-0.1, -0.05) is 36.4 Å². The van der Waals surface area contributed by atoms with Gasteiger partial charge in [-0.3, -0.25) is 14.6 Å². The first kappa shape index (κ1) is 26.4. The van der Waals surface area contributed by atoms with E-state index in [9.17, 15) is 14.3 Å². The summed E-state index contributed by atoms with van der Waals surface area (Å²) in [4.78, 5) is 20.2. The zero-order chi connectivity index (χ0) is 26.6. The van der Waals surface area contributed by atoms with Crippen molar-refractivity contribution in [3.05, 3.63) is 101 Å². The molecule has 0 radical (unpaired) electrons. The fraction of sp³-hybridized carbons (Fsp3) is 0.406. The average Bonchev–Trinajstić information content (AvgIpc) is 2.92. The van der Waals surface area contributed by atoms with E-state index in [1.807, 2.05) is 41.3 Å². The van der Waals surface area contributed by atoms with Gasteiger partial charge in [-0.25, -0.2) is 4.39 Å². The van der Waals surface area contributed by atoms with Gasteiger partial charge in [-0.05, 0) is 86.2 Å². The van der Waals surface area contributed by atoms with E-state index in [2.05, 4.69) is 35.8 Å². The van der Waals surface area contributed by atoms with Crippen molar-refractivity contribution in [2.45, 2.75) is 57.8 Å². The lowest BCUT2D eigenvalue weighted by Crippen LogP contribution is -2.56. The van der Waals surface area contributed by atoms with Crippen LogP contribution in [0.4, 0.5) is 4.39 Å². The van der Waals surface area contributed by atoms with Gasteiger partial charge >= 0.3 is 0 Å². The molecule has 2 heterocycles. The fourth-order valence-electron chi connectivity index (χ4n) is 6.07. The molecule has 0 unspecified atom stereocenters. The number of rotatable bonds is 6. The molecular formula is C32H38FN3O2. The van der Waals surface area contributed by atoms with E-state index in [4.69, 9.17) is 0 Å². The van der Waals surface area contributed by atoms with Crippen LogP contribution in [0.5, 0.6) is 5.75 Å². The number of carbonyl (C=O) groups excluding carboxylic acids is 1. The van der Waals surface area contributed by atoms with Crippen molar-refractivity contribution in [1.82, 2.24) is 14.7 Å². The number of halogens is 1. The van der Waals surface area contributed by atoms with Crippen LogP contribution in [0, 0.1) is 5.82 Å². The summed E-state index contributed by atoms with van der Waals surface area (Å²) in [6.07, 6.45) is 3.31. The van der Waals surface area contributed by atoms with E-state index in [1.54, 1.807) is 18.2 Å². The first-order valence-electron chi connectivity index (χ1n) is 13.8. The van der Waals surface area contributed by atoms with Gasteiger partial charge in [0, 0.05) is 50.4 Å². The second kappa shape index (κ2) is 11.7. The van der Waals surface area contributed by atoms with Crippen molar-refractivity contribution in [3.63, 3.8) is 0 Å². The number of phenols is 1. The number of nitrogens with zero attached hydrogens (tertiary/aromatic N) is 3. The summed E-state index contributed by atoms with van der Waals surface area (Å²) in [5.74, 6) is 0.130. The molecule has 2 aliphatic heterocycles. The van der Waals surface area contributed by atoms with Crippen molar-refractivity contribution < 1.29 is 14.3 Å². The first-order chi connectivity index (χ1) is 18.4. The molecule has 200 valence electrons. The molecule has 3 aromatic carbocycles. The number of hydrogen-bond donors (Lipinski definition) is 1. The first-order valence-corrected chi connectivity index (χ1v) is 13.8. The lowest BCUT2D eigenvalue weighted by molar-refractivity contribution is 0.0194. The minimum Gasteiger partial charge on any atom is -0.508 e. The van der Waals surface area contributed by atoms with E-state index in [1.165, 1.54) is 12.5 Å². The smallest absolute Gasteiger partial charge is 0.253 e. The summed E-state index contributed by atoms with van der Waals surface area (Å²) in [7, 11) is 0. The molecule has 3 aromatic rings. The molecule has 6 heteroatoms. The highest BCUT2D eigenvalue weighted by Crippen LogP contribution is 2.35. The average molecular weight is 516 g/mol. The highest BCUT2D eigenvalue weighted by atomic mass is 19.1. The maximum atomic E-state index is 13.8. The molecule has 0 saturated carbocycles. The molecular weight excluding hydrogens is 477 g/mol. The number of aromatic hydroxyl groups is 1. The number of piperazine rings is 1. The minimum atomic E-state index is -0.204. The Morgan fingerprint density at radius 2 is 1.61 bits per heavy atom. The Morgan fingerprint density at radius 1 is 0.895 bits per heavy atom. The van der Waals surface area contributed by atoms with Gasteiger partial charge in [0.15, 0.2) is 0 Å². The molecule has 0 aromatic heterocycles. The number of phenolic OH excluding ortho intramolecular Hbond substituents is 1. The molecule has 2 saturated heterocycles. The van der Waals surface area contributed by atoms with Crippen molar-refractivity contribution in [2.24, 2.45) is 0 Å². The van der Waals surface area contributed by atoms with E-state index >= 15 is 0 Å². The Morgan fingerprint density at radius 3 is 2.34 bits per heavy atom. The third kappa shape index (κ3) is 5.92. The van der Waals surface area contributed by atoms with Gasteiger partial charge in [-0.2, -0.15) is 0 Å². The Labute approximate surface area is 225 Å². The second-order valence-corrected chi connectivity index (χ2v) is 10.9. The number of hydrogen-bond acceptors (Lipinski definition) is 4. The van der Waals surface area contributed by atoms with Crippen LogP contribution in [0.15, 0.2) is 72.8 Å². The van der Waals surface area contributed by atoms with Crippen LogP contribution in [-0.4, -0.2) is 64.0 Å². The Kier molecular flexibility index (Phi) is 8.10. The number of piperidine rings is 1. The van der Waals surface area contributed by atoms with E-state index in [0.29, 0.717) is 6.54 Å². The summed E-state index contributed by atoms with van der Waals surface area (Å²) in [6.45, 7) is 8.42. The van der Waals surface area contributed by atoms with Crippen LogP contribution in [0.25, 0.3) is 0 Å². The largest absolute Gasteiger partial charge is 0.508 e. The SMILES string of the molecule is C[C@@H]1CN([C@@H](c2cccc(O)c2)c2cccc(C(=O)N3CCCCC3)c2)[C@@H](C)CN1Cc1cccc(F)c1. The van der Waals surface area contributed by atoms with E-state index < -0.39 is 0 Å². The lowest BCUT2D eigenvalue weighted by atomic mass is 9.92. The summed E-state index contributed by atoms with van der Waals surface area (Å²) < 4.78 is 13.8. The third-order valence-corrected chi connectivity index (χ3v) is 8.05. The van der Waals surface area contributed by atoms with Crippen molar-refractivity contribution >= 4 is 5.91 Å². The molecule has 5 nitrogen and oxygen atoms in total. The molecule has 2 aliphatic rings. The van der Waals surface area contributed by atoms with Gasteiger partial charge in [0.05, 0.1) is 6.04 Å². The zero-order valence-electron chi connectivity index (χ0n) is 22.4. The predicted octanol–water partition coefficient (Wildman–Crippen LogP) is 5.84. The summed E-state index contributed by atoms with van der Waals surface area (Å²) in [6, 6.07) is 22.7. The van der Waals surface area contributed by atoms with Crippen LogP contribution < -0.4 is 0 Å². The molecule has 0 bridgehead atoms. The Hall–Kier alpha value is -3.22. The van der Waals surface area contributed by atoms with Crippen LogP contribution >= 0.6 is 0 Å². The maximum Gasteiger partial charge on any atom is 0.253 e. The highest BCUT2D eigenvalue weighted by Gasteiger charge is 2.35. The molecule has 0 spiro atoms. The van der Waals surface area contributed by atoms with Gasteiger partial charge < -0.3 is 10.0 Å². The van der Waals surface area contributed by atoms with Gasteiger partial charge in [0.2, 0.25) is 0 Å². The summed E-state index contributed by atoms with van der Waals surface area (Å²) in [5, 5.41) is 10.3. The van der Waals surface area contributed by atoms with Gasteiger partial charge in [0.1, 0.15) is 11.6 Å². The molecule has 5 rings (SSSR count). The number of benzene rings is 3. The summed E-state index contributed by atoms with van der Waals surface area (Å²) >= 11 is 0. The zero-order valence-corrected chi connectivity index (χ0v) is 22.4. The topological polar surface area (TPSA) is 47.0 Å². The van der Waals surface area contributed by atoms with Gasteiger partial charge in [-0.15, -0.1) is 0 Å². The quantitative estimate of drug-likeness (QED) is 0.448. The van der Waals surface area contributed by atoms with Crippen LogP contribution in [-0.2, 0) is 6.54 Å².